The molecule has 0 aromatic heterocycles. The maximum absolute atomic E-state index is 12.2. The van der Waals surface area contributed by atoms with Crippen LogP contribution >= 0.6 is 0 Å². The number of nitrogen functional groups attached to an aromatic ring is 1. The Hall–Kier alpha value is -2.95. The second-order valence-corrected chi connectivity index (χ2v) is 5.12. The molecule has 0 fully saturated rings. The molecular formula is C17H17N3O2. The Balaban J connectivity index is 1.99. The van der Waals surface area contributed by atoms with Crippen LogP contribution in [0, 0.1) is 0 Å². The third kappa shape index (κ3) is 2.48. The van der Waals surface area contributed by atoms with E-state index in [9.17, 15) is 4.79 Å². The minimum Gasteiger partial charge on any atom is -0.497 e. The van der Waals surface area contributed by atoms with Gasteiger partial charge < -0.3 is 21.1 Å². The molecule has 4 N–H and O–H groups in total. The van der Waals surface area contributed by atoms with Gasteiger partial charge >= 0.3 is 0 Å². The van der Waals surface area contributed by atoms with E-state index in [4.69, 9.17) is 10.5 Å². The first-order chi connectivity index (χ1) is 10.6. The highest BCUT2D eigenvalue weighted by atomic mass is 16.5. The summed E-state index contributed by atoms with van der Waals surface area (Å²) in [5.41, 5.74) is 10.3. The van der Waals surface area contributed by atoms with Crippen LogP contribution in [0.5, 0.6) is 5.75 Å². The molecule has 1 aliphatic rings. The average molecular weight is 295 g/mol. The number of nitrogens with two attached hydrogens (primary N) is 1. The fraction of sp³-hybridized carbons (Fsp3) is 0.118. The SMILES string of the molecule is COc1cccc(N/C(C)=C2\C(=O)Nc3ccc(N)cc32)c1. The Morgan fingerprint density at radius 2 is 2.05 bits per heavy atom. The number of methoxy groups -OCH3 is 1. The van der Waals surface area contributed by atoms with Crippen LogP contribution in [0.2, 0.25) is 0 Å². The van der Waals surface area contributed by atoms with Crippen molar-refractivity contribution < 1.29 is 9.53 Å². The minimum absolute atomic E-state index is 0.131. The summed E-state index contributed by atoms with van der Waals surface area (Å²) in [5, 5.41) is 6.09. The van der Waals surface area contributed by atoms with Crippen molar-refractivity contribution in [3.8, 4) is 5.75 Å². The van der Waals surface area contributed by atoms with Crippen LogP contribution in [-0.4, -0.2) is 13.0 Å². The van der Waals surface area contributed by atoms with Gasteiger partial charge in [-0.1, -0.05) is 6.07 Å². The summed E-state index contributed by atoms with van der Waals surface area (Å²) in [5.74, 6) is 0.622. The molecule has 0 bridgehead atoms. The second kappa shape index (κ2) is 5.44. The smallest absolute Gasteiger partial charge is 0.258 e. The second-order valence-electron chi connectivity index (χ2n) is 5.12. The standard InChI is InChI=1S/C17H17N3O2/c1-10(19-12-4-3-5-13(9-12)22-2)16-14-8-11(18)6-7-15(14)20-17(16)21/h3-9,19H,18H2,1-2H3,(H,20,21)/b16-10-. The van der Waals surface area contributed by atoms with Crippen molar-refractivity contribution in [2.24, 2.45) is 0 Å². The summed E-state index contributed by atoms with van der Waals surface area (Å²) in [6.07, 6.45) is 0. The molecule has 5 nitrogen and oxygen atoms in total. The maximum atomic E-state index is 12.2. The number of ether oxygens (including phenoxy) is 1. The third-order valence-electron chi connectivity index (χ3n) is 3.56. The number of nitrogens with one attached hydrogen (secondary N) is 2. The van der Waals surface area contributed by atoms with Crippen LogP contribution < -0.4 is 21.1 Å². The molecule has 2 aromatic rings. The van der Waals surface area contributed by atoms with Crippen LogP contribution in [0.25, 0.3) is 5.57 Å². The molecular weight excluding hydrogens is 278 g/mol. The summed E-state index contributed by atoms with van der Waals surface area (Å²) in [7, 11) is 1.62. The molecule has 1 aliphatic heterocycles. The van der Waals surface area contributed by atoms with Crippen molar-refractivity contribution in [3.63, 3.8) is 0 Å². The van der Waals surface area contributed by atoms with Crippen LogP contribution in [0.4, 0.5) is 17.1 Å². The summed E-state index contributed by atoms with van der Waals surface area (Å²) in [4.78, 5) is 12.2. The predicted molar refractivity (Wildman–Crippen MR) is 88.7 cm³/mol. The fourth-order valence-corrected chi connectivity index (χ4v) is 2.54. The number of hydrogen-bond donors (Lipinski definition) is 3. The molecule has 0 saturated heterocycles. The first-order valence-electron chi connectivity index (χ1n) is 6.91. The van der Waals surface area contributed by atoms with E-state index < -0.39 is 0 Å². The van der Waals surface area contributed by atoms with E-state index in [1.807, 2.05) is 37.3 Å². The van der Waals surface area contributed by atoms with E-state index in [0.717, 1.165) is 28.4 Å². The predicted octanol–water partition coefficient (Wildman–Crippen LogP) is 3.07. The summed E-state index contributed by atoms with van der Waals surface area (Å²) in [6, 6.07) is 12.9. The molecule has 5 heteroatoms. The van der Waals surface area contributed by atoms with Gasteiger partial charge in [-0.2, -0.15) is 0 Å². The normalized spacial score (nSPS) is 15.1. The van der Waals surface area contributed by atoms with Gasteiger partial charge in [0, 0.05) is 34.4 Å². The zero-order valence-electron chi connectivity index (χ0n) is 12.4. The van der Waals surface area contributed by atoms with Crippen molar-refractivity contribution in [1.82, 2.24) is 0 Å². The van der Waals surface area contributed by atoms with Gasteiger partial charge in [-0.15, -0.1) is 0 Å². The highest BCUT2D eigenvalue weighted by Crippen LogP contribution is 2.35. The van der Waals surface area contributed by atoms with Crippen molar-refractivity contribution >= 4 is 28.5 Å². The Morgan fingerprint density at radius 1 is 1.23 bits per heavy atom. The minimum atomic E-state index is -0.131. The Bertz CT molecular complexity index is 781. The number of benzene rings is 2. The van der Waals surface area contributed by atoms with Gasteiger partial charge in [0.25, 0.3) is 5.91 Å². The molecule has 0 radical (unpaired) electrons. The van der Waals surface area contributed by atoms with Gasteiger partial charge in [-0.25, -0.2) is 0 Å². The fourth-order valence-electron chi connectivity index (χ4n) is 2.54. The quantitative estimate of drug-likeness (QED) is 0.601. The summed E-state index contributed by atoms with van der Waals surface area (Å²) in [6.45, 7) is 1.87. The van der Waals surface area contributed by atoms with E-state index >= 15 is 0 Å². The van der Waals surface area contributed by atoms with E-state index in [1.165, 1.54) is 0 Å². The molecule has 0 unspecified atom stereocenters. The van der Waals surface area contributed by atoms with Gasteiger partial charge in [-0.3, -0.25) is 4.79 Å². The Morgan fingerprint density at radius 3 is 2.82 bits per heavy atom. The van der Waals surface area contributed by atoms with Crippen molar-refractivity contribution in [2.75, 3.05) is 23.5 Å². The van der Waals surface area contributed by atoms with Gasteiger partial charge in [-0.05, 0) is 37.3 Å². The van der Waals surface area contributed by atoms with Gasteiger partial charge in [0.15, 0.2) is 0 Å². The number of carbonyl (C=O) groups is 1. The molecule has 3 rings (SSSR count). The van der Waals surface area contributed by atoms with Crippen molar-refractivity contribution in [3.05, 3.63) is 53.7 Å². The topological polar surface area (TPSA) is 76.4 Å². The van der Waals surface area contributed by atoms with Crippen LogP contribution in [-0.2, 0) is 4.79 Å². The van der Waals surface area contributed by atoms with Crippen LogP contribution in [0.15, 0.2) is 48.2 Å². The van der Waals surface area contributed by atoms with E-state index in [2.05, 4.69) is 10.6 Å². The van der Waals surface area contributed by atoms with E-state index in [-0.39, 0.29) is 5.91 Å². The number of allylic oxidation sites excluding steroid dienone is 1. The summed E-state index contributed by atoms with van der Waals surface area (Å²) < 4.78 is 5.20. The van der Waals surface area contributed by atoms with Gasteiger partial charge in [0.1, 0.15) is 5.75 Å². The lowest BCUT2D eigenvalue weighted by molar-refractivity contribution is -0.110. The molecule has 1 amide bonds. The molecule has 1 heterocycles. The first-order valence-corrected chi connectivity index (χ1v) is 6.91. The Kier molecular flexibility index (Phi) is 3.47. The third-order valence-corrected chi connectivity index (χ3v) is 3.56. The lowest BCUT2D eigenvalue weighted by atomic mass is 10.0. The zero-order chi connectivity index (χ0) is 15.7. The van der Waals surface area contributed by atoms with Gasteiger partial charge in [0.05, 0.1) is 12.7 Å². The number of amides is 1. The molecule has 0 spiro atoms. The number of carbonyl (C=O) groups excluding carboxylic acids is 1. The van der Waals surface area contributed by atoms with Crippen LogP contribution in [0.1, 0.15) is 12.5 Å². The summed E-state index contributed by atoms with van der Waals surface area (Å²) >= 11 is 0. The average Bonchev–Trinajstić information content (AvgIpc) is 2.82. The zero-order valence-corrected chi connectivity index (χ0v) is 12.4. The largest absolute Gasteiger partial charge is 0.497 e. The number of anilines is 3. The number of hydrogen-bond acceptors (Lipinski definition) is 4. The Labute approximate surface area is 128 Å². The van der Waals surface area contributed by atoms with E-state index in [0.29, 0.717) is 11.3 Å². The highest BCUT2D eigenvalue weighted by molar-refractivity contribution is 6.32. The number of fused-ring (bicyclic) bond motifs is 1. The lowest BCUT2D eigenvalue weighted by Gasteiger charge is -2.11. The first kappa shape index (κ1) is 14.0. The molecule has 0 atom stereocenters. The lowest BCUT2D eigenvalue weighted by Crippen LogP contribution is -2.08. The molecule has 0 saturated carbocycles. The van der Waals surface area contributed by atoms with Crippen LogP contribution in [0.3, 0.4) is 0 Å². The van der Waals surface area contributed by atoms with Crippen molar-refractivity contribution in [1.29, 1.82) is 0 Å². The monoisotopic (exact) mass is 295 g/mol. The number of rotatable bonds is 3. The molecule has 112 valence electrons. The molecule has 2 aromatic carbocycles. The highest BCUT2D eigenvalue weighted by Gasteiger charge is 2.26. The molecule has 22 heavy (non-hydrogen) atoms. The van der Waals surface area contributed by atoms with E-state index in [1.54, 1.807) is 19.2 Å². The van der Waals surface area contributed by atoms with Gasteiger partial charge in [0.2, 0.25) is 0 Å². The molecule has 0 aliphatic carbocycles. The van der Waals surface area contributed by atoms with Crippen molar-refractivity contribution in [2.45, 2.75) is 6.92 Å². The maximum Gasteiger partial charge on any atom is 0.258 e.